The summed E-state index contributed by atoms with van der Waals surface area (Å²) in [5, 5.41) is 6.31. The van der Waals surface area contributed by atoms with E-state index in [4.69, 9.17) is 0 Å². The average molecular weight is 280 g/mol. The number of hydrogen-bond acceptors (Lipinski definition) is 3. The zero-order valence-corrected chi connectivity index (χ0v) is 12.8. The molecular formula is C15H24N2OS. The molecule has 3 nitrogen and oxygen atoms in total. The van der Waals surface area contributed by atoms with Crippen LogP contribution in [-0.2, 0) is 0 Å². The normalized spacial score (nSPS) is 11.9. The number of hydrogen-bond donors (Lipinski definition) is 2. The summed E-state index contributed by atoms with van der Waals surface area (Å²) in [5.41, 5.74) is 1.78. The van der Waals surface area contributed by atoms with Crippen molar-refractivity contribution in [1.29, 1.82) is 0 Å². The van der Waals surface area contributed by atoms with Gasteiger partial charge in [0.15, 0.2) is 0 Å². The first kappa shape index (κ1) is 15.9. The number of amides is 1. The number of benzene rings is 1. The molecule has 1 atom stereocenters. The lowest BCUT2D eigenvalue weighted by Gasteiger charge is -2.13. The van der Waals surface area contributed by atoms with Crippen LogP contribution in [0.4, 0.5) is 5.69 Å². The van der Waals surface area contributed by atoms with Crippen LogP contribution in [0.1, 0.15) is 37.6 Å². The van der Waals surface area contributed by atoms with Gasteiger partial charge in [-0.05, 0) is 43.4 Å². The van der Waals surface area contributed by atoms with E-state index in [1.807, 2.05) is 43.0 Å². The maximum atomic E-state index is 12.0. The Bertz CT molecular complexity index is 378. The summed E-state index contributed by atoms with van der Waals surface area (Å²) in [4.78, 5) is 12.0. The Morgan fingerprint density at radius 1 is 1.26 bits per heavy atom. The molecular weight excluding hydrogens is 256 g/mol. The SMILES string of the molecule is CCCNc1ccc(C(=O)NC(C)CSCC)cc1. The van der Waals surface area contributed by atoms with Crippen LogP contribution in [-0.4, -0.2) is 30.0 Å². The molecule has 106 valence electrons. The maximum absolute atomic E-state index is 12.0. The van der Waals surface area contributed by atoms with E-state index in [9.17, 15) is 4.79 Å². The zero-order chi connectivity index (χ0) is 14.1. The second-order valence-corrected chi connectivity index (χ2v) is 5.86. The molecule has 1 rings (SSSR count). The third-order valence-electron chi connectivity index (χ3n) is 2.68. The van der Waals surface area contributed by atoms with Crippen molar-refractivity contribution in [3.05, 3.63) is 29.8 Å². The maximum Gasteiger partial charge on any atom is 0.251 e. The molecule has 0 aliphatic rings. The fourth-order valence-corrected chi connectivity index (χ4v) is 2.32. The summed E-state index contributed by atoms with van der Waals surface area (Å²) in [6, 6.07) is 7.85. The minimum absolute atomic E-state index is 0.00578. The predicted octanol–water partition coefficient (Wildman–Crippen LogP) is 3.38. The summed E-state index contributed by atoms with van der Waals surface area (Å²) in [6.45, 7) is 7.25. The average Bonchev–Trinajstić information content (AvgIpc) is 2.43. The fourth-order valence-electron chi connectivity index (χ4n) is 1.65. The van der Waals surface area contributed by atoms with Crippen molar-refractivity contribution in [2.24, 2.45) is 0 Å². The molecule has 0 radical (unpaired) electrons. The van der Waals surface area contributed by atoms with Crippen LogP contribution >= 0.6 is 11.8 Å². The zero-order valence-electron chi connectivity index (χ0n) is 12.0. The molecule has 1 aromatic carbocycles. The van der Waals surface area contributed by atoms with Crippen LogP contribution in [0.25, 0.3) is 0 Å². The molecule has 0 saturated heterocycles. The molecule has 4 heteroatoms. The highest BCUT2D eigenvalue weighted by molar-refractivity contribution is 7.99. The van der Waals surface area contributed by atoms with E-state index in [0.29, 0.717) is 0 Å². The third-order valence-corrected chi connectivity index (χ3v) is 3.82. The lowest BCUT2D eigenvalue weighted by Crippen LogP contribution is -2.34. The van der Waals surface area contributed by atoms with Crippen LogP contribution in [0.2, 0.25) is 0 Å². The Labute approximate surface area is 120 Å². The van der Waals surface area contributed by atoms with Gasteiger partial charge < -0.3 is 10.6 Å². The van der Waals surface area contributed by atoms with E-state index >= 15 is 0 Å². The van der Waals surface area contributed by atoms with Gasteiger partial charge in [0.2, 0.25) is 0 Å². The van der Waals surface area contributed by atoms with Crippen molar-refractivity contribution in [2.75, 3.05) is 23.4 Å². The molecule has 0 aliphatic heterocycles. The van der Waals surface area contributed by atoms with Crippen LogP contribution in [0.15, 0.2) is 24.3 Å². The molecule has 1 unspecified atom stereocenters. The number of rotatable bonds is 8. The summed E-state index contributed by atoms with van der Waals surface area (Å²) in [7, 11) is 0. The van der Waals surface area contributed by atoms with Crippen molar-refractivity contribution >= 4 is 23.4 Å². The Morgan fingerprint density at radius 2 is 1.95 bits per heavy atom. The van der Waals surface area contributed by atoms with Crippen LogP contribution in [0, 0.1) is 0 Å². The van der Waals surface area contributed by atoms with Gasteiger partial charge in [-0.25, -0.2) is 0 Å². The summed E-state index contributed by atoms with van der Waals surface area (Å²) < 4.78 is 0. The van der Waals surface area contributed by atoms with Crippen LogP contribution in [0.5, 0.6) is 0 Å². The Morgan fingerprint density at radius 3 is 2.53 bits per heavy atom. The lowest BCUT2D eigenvalue weighted by atomic mass is 10.2. The summed E-state index contributed by atoms with van der Waals surface area (Å²) in [6.07, 6.45) is 1.09. The van der Waals surface area contributed by atoms with Gasteiger partial charge in [-0.1, -0.05) is 13.8 Å². The highest BCUT2D eigenvalue weighted by atomic mass is 32.2. The van der Waals surface area contributed by atoms with Gasteiger partial charge in [-0.15, -0.1) is 0 Å². The van der Waals surface area contributed by atoms with E-state index in [2.05, 4.69) is 24.5 Å². The Kier molecular flexibility index (Phi) is 7.41. The number of thioether (sulfide) groups is 1. The molecule has 0 fully saturated rings. The van der Waals surface area contributed by atoms with Crippen molar-refractivity contribution in [3.8, 4) is 0 Å². The van der Waals surface area contributed by atoms with E-state index in [-0.39, 0.29) is 11.9 Å². The topological polar surface area (TPSA) is 41.1 Å². The molecule has 0 spiro atoms. The van der Waals surface area contributed by atoms with Gasteiger partial charge in [-0.2, -0.15) is 11.8 Å². The summed E-state index contributed by atoms with van der Waals surface area (Å²) >= 11 is 1.84. The van der Waals surface area contributed by atoms with Gasteiger partial charge in [-0.3, -0.25) is 4.79 Å². The largest absolute Gasteiger partial charge is 0.385 e. The lowest BCUT2D eigenvalue weighted by molar-refractivity contribution is 0.0944. The number of carbonyl (C=O) groups excluding carboxylic acids is 1. The molecule has 19 heavy (non-hydrogen) atoms. The van der Waals surface area contributed by atoms with Crippen molar-refractivity contribution in [2.45, 2.75) is 33.2 Å². The second kappa shape index (κ2) is 8.86. The van der Waals surface area contributed by atoms with Gasteiger partial charge >= 0.3 is 0 Å². The Balaban J connectivity index is 2.48. The van der Waals surface area contributed by atoms with Gasteiger partial charge in [0.05, 0.1) is 0 Å². The molecule has 0 heterocycles. The van der Waals surface area contributed by atoms with Crippen molar-refractivity contribution < 1.29 is 4.79 Å². The number of carbonyl (C=O) groups is 1. The van der Waals surface area contributed by atoms with Crippen LogP contribution < -0.4 is 10.6 Å². The molecule has 2 N–H and O–H groups in total. The standard InChI is InChI=1S/C15H24N2OS/c1-4-10-16-14-8-6-13(7-9-14)15(18)17-12(3)11-19-5-2/h6-9,12,16H,4-5,10-11H2,1-3H3,(H,17,18). The minimum atomic E-state index is 0.00578. The second-order valence-electron chi connectivity index (χ2n) is 4.54. The van der Waals surface area contributed by atoms with E-state index in [1.165, 1.54) is 0 Å². The van der Waals surface area contributed by atoms with Gasteiger partial charge in [0.1, 0.15) is 0 Å². The predicted molar refractivity (Wildman–Crippen MR) is 85.1 cm³/mol. The van der Waals surface area contributed by atoms with E-state index < -0.39 is 0 Å². The van der Waals surface area contributed by atoms with Crippen molar-refractivity contribution in [1.82, 2.24) is 5.32 Å². The highest BCUT2D eigenvalue weighted by Gasteiger charge is 2.09. The molecule has 0 saturated carbocycles. The number of anilines is 1. The first-order chi connectivity index (χ1) is 9.17. The molecule has 0 aliphatic carbocycles. The summed E-state index contributed by atoms with van der Waals surface area (Å²) in [5.74, 6) is 2.04. The molecule has 0 bridgehead atoms. The highest BCUT2D eigenvalue weighted by Crippen LogP contribution is 2.10. The first-order valence-electron chi connectivity index (χ1n) is 6.89. The van der Waals surface area contributed by atoms with Gasteiger partial charge in [0.25, 0.3) is 5.91 Å². The molecule has 1 aromatic rings. The number of nitrogens with one attached hydrogen (secondary N) is 2. The minimum Gasteiger partial charge on any atom is -0.385 e. The molecule has 0 aromatic heterocycles. The third kappa shape index (κ3) is 6.01. The smallest absolute Gasteiger partial charge is 0.251 e. The monoisotopic (exact) mass is 280 g/mol. The quantitative estimate of drug-likeness (QED) is 0.767. The van der Waals surface area contributed by atoms with Gasteiger partial charge in [0, 0.05) is 29.6 Å². The molecule has 1 amide bonds. The van der Waals surface area contributed by atoms with E-state index in [1.54, 1.807) is 0 Å². The fraction of sp³-hybridized carbons (Fsp3) is 0.533. The first-order valence-corrected chi connectivity index (χ1v) is 8.05. The van der Waals surface area contributed by atoms with Crippen LogP contribution in [0.3, 0.4) is 0 Å². The van der Waals surface area contributed by atoms with Crippen molar-refractivity contribution in [3.63, 3.8) is 0 Å². The Hall–Kier alpha value is -1.16. The van der Waals surface area contributed by atoms with E-state index in [0.717, 1.165) is 35.7 Å².